The first-order valence-corrected chi connectivity index (χ1v) is 14.5. The SMILES string of the molecule is CC(C)(C)OC(=O)NCc1cn(-c2ccc(Br)cc2C(=O)NCc2ccc(Br)cc2C(=O)OCc2ccccc2)nn1. The highest BCUT2D eigenvalue weighted by molar-refractivity contribution is 9.10. The normalized spacial score (nSPS) is 11.1. The van der Waals surface area contributed by atoms with Crippen LogP contribution in [0.2, 0.25) is 0 Å². The summed E-state index contributed by atoms with van der Waals surface area (Å²) >= 11 is 6.83. The molecule has 0 aliphatic heterocycles. The Morgan fingerprint density at radius 3 is 2.29 bits per heavy atom. The molecule has 12 heteroatoms. The Labute approximate surface area is 260 Å². The molecule has 0 bridgehead atoms. The van der Waals surface area contributed by atoms with E-state index >= 15 is 0 Å². The smallest absolute Gasteiger partial charge is 0.407 e. The second-order valence-electron chi connectivity index (χ2n) is 10.2. The van der Waals surface area contributed by atoms with Crippen LogP contribution in [-0.2, 0) is 29.2 Å². The van der Waals surface area contributed by atoms with Crippen LogP contribution < -0.4 is 10.6 Å². The molecule has 42 heavy (non-hydrogen) atoms. The highest BCUT2D eigenvalue weighted by Crippen LogP contribution is 2.22. The minimum absolute atomic E-state index is 0.0796. The molecule has 1 aromatic heterocycles. The van der Waals surface area contributed by atoms with E-state index in [2.05, 4.69) is 52.8 Å². The van der Waals surface area contributed by atoms with E-state index in [4.69, 9.17) is 9.47 Å². The zero-order valence-corrected chi connectivity index (χ0v) is 26.4. The number of aromatic nitrogens is 3. The molecule has 0 spiro atoms. The van der Waals surface area contributed by atoms with Crippen molar-refractivity contribution in [3.8, 4) is 5.69 Å². The third-order valence-corrected chi connectivity index (χ3v) is 6.73. The number of nitrogens with zero attached hydrogens (tertiary/aromatic N) is 3. The van der Waals surface area contributed by atoms with Gasteiger partial charge in [-0.3, -0.25) is 4.79 Å². The van der Waals surface area contributed by atoms with Crippen LogP contribution in [0.1, 0.15) is 58.3 Å². The molecule has 218 valence electrons. The standard InChI is InChI=1S/C30H29Br2N5O5/c1-30(2,3)42-29(40)34-16-23-17-37(36-35-23)26-12-11-22(32)14-25(26)27(38)33-15-20-9-10-21(31)13-24(20)28(39)41-18-19-7-5-4-6-8-19/h4-14,17H,15-16,18H2,1-3H3,(H,33,38)(H,34,40). The van der Waals surface area contributed by atoms with Gasteiger partial charge in [0.25, 0.3) is 5.91 Å². The second kappa shape index (κ2) is 13.8. The maximum Gasteiger partial charge on any atom is 0.407 e. The van der Waals surface area contributed by atoms with Gasteiger partial charge < -0.3 is 20.1 Å². The molecule has 0 atom stereocenters. The van der Waals surface area contributed by atoms with E-state index < -0.39 is 17.7 Å². The Hall–Kier alpha value is -4.03. The fourth-order valence-corrected chi connectivity index (χ4v) is 4.55. The summed E-state index contributed by atoms with van der Waals surface area (Å²) in [6.07, 6.45) is 1.05. The van der Waals surface area contributed by atoms with Gasteiger partial charge in [-0.2, -0.15) is 0 Å². The lowest BCUT2D eigenvalue weighted by Gasteiger charge is -2.19. The number of hydrogen-bond acceptors (Lipinski definition) is 7. The summed E-state index contributed by atoms with van der Waals surface area (Å²) in [7, 11) is 0. The van der Waals surface area contributed by atoms with Crippen LogP contribution in [-0.4, -0.2) is 38.6 Å². The molecule has 0 saturated carbocycles. The first-order valence-electron chi connectivity index (χ1n) is 12.9. The van der Waals surface area contributed by atoms with Crippen molar-refractivity contribution in [2.45, 2.75) is 46.1 Å². The van der Waals surface area contributed by atoms with Crippen molar-refractivity contribution >= 4 is 49.8 Å². The summed E-state index contributed by atoms with van der Waals surface area (Å²) in [5.74, 6) is -0.885. The zero-order valence-electron chi connectivity index (χ0n) is 23.2. The van der Waals surface area contributed by atoms with E-state index in [1.807, 2.05) is 30.3 Å². The van der Waals surface area contributed by atoms with Crippen LogP contribution >= 0.6 is 31.9 Å². The minimum atomic E-state index is -0.624. The fourth-order valence-electron chi connectivity index (χ4n) is 3.83. The predicted octanol–water partition coefficient (Wildman–Crippen LogP) is 6.10. The van der Waals surface area contributed by atoms with E-state index in [1.54, 1.807) is 63.4 Å². The predicted molar refractivity (Wildman–Crippen MR) is 163 cm³/mol. The van der Waals surface area contributed by atoms with Gasteiger partial charge in [0.05, 0.1) is 29.6 Å². The van der Waals surface area contributed by atoms with Gasteiger partial charge in [-0.05, 0) is 62.2 Å². The van der Waals surface area contributed by atoms with Crippen LogP contribution in [0, 0.1) is 0 Å². The Balaban J connectivity index is 1.46. The van der Waals surface area contributed by atoms with Crippen molar-refractivity contribution in [1.29, 1.82) is 0 Å². The van der Waals surface area contributed by atoms with Gasteiger partial charge in [-0.1, -0.05) is 73.5 Å². The quantitative estimate of drug-likeness (QED) is 0.202. The number of benzene rings is 3. The number of amides is 2. The van der Waals surface area contributed by atoms with E-state index in [9.17, 15) is 14.4 Å². The number of carbonyl (C=O) groups is 3. The van der Waals surface area contributed by atoms with Crippen molar-refractivity contribution in [2.24, 2.45) is 0 Å². The lowest BCUT2D eigenvalue weighted by molar-refractivity contribution is 0.0469. The molecule has 0 radical (unpaired) electrons. The number of ether oxygens (including phenoxy) is 2. The van der Waals surface area contributed by atoms with Gasteiger partial charge in [-0.15, -0.1) is 5.10 Å². The van der Waals surface area contributed by atoms with Crippen LogP contribution in [0.3, 0.4) is 0 Å². The van der Waals surface area contributed by atoms with Crippen molar-refractivity contribution in [1.82, 2.24) is 25.6 Å². The van der Waals surface area contributed by atoms with Crippen LogP contribution in [0.4, 0.5) is 4.79 Å². The van der Waals surface area contributed by atoms with Crippen molar-refractivity contribution < 1.29 is 23.9 Å². The minimum Gasteiger partial charge on any atom is -0.457 e. The van der Waals surface area contributed by atoms with E-state index in [0.717, 1.165) is 5.56 Å². The molecule has 4 rings (SSSR count). The van der Waals surface area contributed by atoms with E-state index in [0.29, 0.717) is 37.0 Å². The van der Waals surface area contributed by atoms with E-state index in [1.165, 1.54) is 4.68 Å². The molecular weight excluding hydrogens is 670 g/mol. The molecule has 2 amide bonds. The Morgan fingerprint density at radius 1 is 0.881 bits per heavy atom. The second-order valence-corrected chi connectivity index (χ2v) is 12.0. The van der Waals surface area contributed by atoms with Crippen LogP contribution in [0.5, 0.6) is 0 Å². The van der Waals surface area contributed by atoms with Crippen molar-refractivity contribution in [3.63, 3.8) is 0 Å². The van der Waals surface area contributed by atoms with Gasteiger partial charge in [-0.25, -0.2) is 14.3 Å². The number of esters is 1. The number of hydrogen-bond donors (Lipinski definition) is 2. The maximum absolute atomic E-state index is 13.4. The van der Waals surface area contributed by atoms with Crippen LogP contribution in [0.15, 0.2) is 81.9 Å². The lowest BCUT2D eigenvalue weighted by Crippen LogP contribution is -2.32. The third kappa shape index (κ3) is 8.73. The van der Waals surface area contributed by atoms with Gasteiger partial charge in [0.2, 0.25) is 0 Å². The van der Waals surface area contributed by atoms with Crippen molar-refractivity contribution in [3.05, 3.63) is 110 Å². The zero-order chi connectivity index (χ0) is 30.3. The number of carbonyl (C=O) groups excluding carboxylic acids is 3. The molecule has 3 aromatic carbocycles. The first-order chi connectivity index (χ1) is 20.0. The topological polar surface area (TPSA) is 124 Å². The summed E-state index contributed by atoms with van der Waals surface area (Å²) in [5.41, 5.74) is 2.46. The summed E-state index contributed by atoms with van der Waals surface area (Å²) < 4.78 is 13.6. The molecule has 0 saturated heterocycles. The highest BCUT2D eigenvalue weighted by Gasteiger charge is 2.19. The maximum atomic E-state index is 13.4. The third-order valence-electron chi connectivity index (χ3n) is 5.75. The summed E-state index contributed by atoms with van der Waals surface area (Å²) in [6.45, 7) is 5.64. The molecule has 4 aromatic rings. The van der Waals surface area contributed by atoms with Crippen molar-refractivity contribution in [2.75, 3.05) is 0 Å². The summed E-state index contributed by atoms with van der Waals surface area (Å²) in [4.78, 5) is 38.3. The van der Waals surface area contributed by atoms with Gasteiger partial charge >= 0.3 is 12.1 Å². The monoisotopic (exact) mass is 697 g/mol. The molecule has 10 nitrogen and oxygen atoms in total. The summed E-state index contributed by atoms with van der Waals surface area (Å²) in [5, 5.41) is 13.8. The van der Waals surface area contributed by atoms with Gasteiger partial charge in [0.1, 0.15) is 17.9 Å². The number of alkyl carbamates (subject to hydrolysis) is 1. The Bertz CT molecular complexity index is 1580. The van der Waals surface area contributed by atoms with Gasteiger partial charge in [0, 0.05) is 15.5 Å². The lowest BCUT2D eigenvalue weighted by atomic mass is 10.1. The Morgan fingerprint density at radius 2 is 1.57 bits per heavy atom. The largest absolute Gasteiger partial charge is 0.457 e. The van der Waals surface area contributed by atoms with Crippen LogP contribution in [0.25, 0.3) is 5.69 Å². The molecule has 0 unspecified atom stereocenters. The number of rotatable bonds is 9. The highest BCUT2D eigenvalue weighted by atomic mass is 79.9. The molecule has 0 aliphatic carbocycles. The fraction of sp³-hybridized carbons (Fsp3) is 0.233. The molecule has 2 N–H and O–H groups in total. The molecular formula is C30H29Br2N5O5. The average molecular weight is 699 g/mol. The molecule has 1 heterocycles. The van der Waals surface area contributed by atoms with E-state index in [-0.39, 0.29) is 25.6 Å². The first kappa shape index (κ1) is 30.9. The number of halogens is 2. The average Bonchev–Trinajstić information content (AvgIpc) is 3.42. The Kier molecular flexibility index (Phi) is 10.1. The number of nitrogens with one attached hydrogen (secondary N) is 2. The van der Waals surface area contributed by atoms with Gasteiger partial charge in [0.15, 0.2) is 0 Å². The molecule has 0 fully saturated rings. The summed E-state index contributed by atoms with van der Waals surface area (Å²) in [6, 6.07) is 19.8. The molecule has 0 aliphatic rings.